The Hall–Kier alpha value is -8.50. The summed E-state index contributed by atoms with van der Waals surface area (Å²) in [7, 11) is 0. The van der Waals surface area contributed by atoms with Gasteiger partial charge in [-0.2, -0.15) is 0 Å². The van der Waals surface area contributed by atoms with Crippen LogP contribution in [-0.4, -0.2) is 0 Å². The zero-order valence-corrected chi connectivity index (χ0v) is 37.6. The molecular formula is C65H39NOS. The molecule has 0 atom stereocenters. The minimum Gasteiger partial charge on any atom is -0.456 e. The molecule has 3 heteroatoms. The summed E-state index contributed by atoms with van der Waals surface area (Å²) >= 11 is 1.88. The van der Waals surface area contributed by atoms with E-state index in [4.69, 9.17) is 4.42 Å². The number of thiophene rings is 1. The maximum absolute atomic E-state index is 6.69. The first-order valence-electron chi connectivity index (χ1n) is 23.4. The Morgan fingerprint density at radius 2 is 0.926 bits per heavy atom. The second-order valence-corrected chi connectivity index (χ2v) is 19.3. The molecule has 68 heavy (non-hydrogen) atoms. The third kappa shape index (κ3) is 5.11. The lowest BCUT2D eigenvalue weighted by molar-refractivity contribution is 0.669. The lowest BCUT2D eigenvalue weighted by Crippen LogP contribution is -2.26. The highest BCUT2D eigenvalue weighted by Crippen LogP contribution is 2.65. The lowest BCUT2D eigenvalue weighted by atomic mass is 9.70. The highest BCUT2D eigenvalue weighted by Gasteiger charge is 2.52. The van der Waals surface area contributed by atoms with E-state index in [0.29, 0.717) is 0 Å². The normalized spacial score (nSPS) is 13.1. The zero-order valence-electron chi connectivity index (χ0n) is 36.8. The minimum absolute atomic E-state index is 0.475. The molecular weight excluding hydrogens is 843 g/mol. The van der Waals surface area contributed by atoms with Crippen molar-refractivity contribution >= 4 is 81.3 Å². The summed E-state index contributed by atoms with van der Waals surface area (Å²) in [4.78, 5) is 2.52. The van der Waals surface area contributed by atoms with Gasteiger partial charge in [0.05, 0.1) is 16.8 Å². The first-order valence-corrected chi connectivity index (χ1v) is 24.2. The number of hydrogen-bond acceptors (Lipinski definition) is 3. The topological polar surface area (TPSA) is 16.4 Å². The Morgan fingerprint density at radius 3 is 1.72 bits per heavy atom. The molecule has 1 spiro atoms. The monoisotopic (exact) mass is 881 g/mol. The summed E-state index contributed by atoms with van der Waals surface area (Å²) in [5, 5.41) is 7.22. The fraction of sp³-hybridized carbons (Fsp3) is 0.0154. The Balaban J connectivity index is 0.998. The Kier molecular flexibility index (Phi) is 7.90. The van der Waals surface area contributed by atoms with E-state index in [2.05, 4.69) is 241 Å². The highest BCUT2D eigenvalue weighted by molar-refractivity contribution is 7.26. The minimum atomic E-state index is -0.475. The molecule has 0 aliphatic heterocycles. The van der Waals surface area contributed by atoms with E-state index in [0.717, 1.165) is 50.1 Å². The van der Waals surface area contributed by atoms with Gasteiger partial charge in [-0.3, -0.25) is 0 Å². The lowest BCUT2D eigenvalue weighted by Gasteiger charge is -2.32. The number of nitrogens with zero attached hydrogens (tertiary/aromatic N) is 1. The van der Waals surface area contributed by atoms with Gasteiger partial charge in [0, 0.05) is 47.8 Å². The van der Waals surface area contributed by atoms with Gasteiger partial charge in [-0.15, -0.1) is 11.3 Å². The molecule has 0 radical (unpaired) electrons. The van der Waals surface area contributed by atoms with Crippen LogP contribution >= 0.6 is 11.3 Å². The molecule has 0 bridgehead atoms. The number of furan rings is 1. The first-order chi connectivity index (χ1) is 33.7. The van der Waals surface area contributed by atoms with Crippen LogP contribution in [0.2, 0.25) is 0 Å². The van der Waals surface area contributed by atoms with Gasteiger partial charge in [0.1, 0.15) is 11.2 Å². The quantitative estimate of drug-likeness (QED) is 0.171. The van der Waals surface area contributed by atoms with Gasteiger partial charge in [0.15, 0.2) is 0 Å². The Bertz CT molecular complexity index is 4180. The van der Waals surface area contributed by atoms with Gasteiger partial charge >= 0.3 is 0 Å². The fourth-order valence-electron chi connectivity index (χ4n) is 12.1. The van der Waals surface area contributed by atoms with Crippen LogP contribution < -0.4 is 4.90 Å². The summed E-state index contributed by atoms with van der Waals surface area (Å²) < 4.78 is 9.32. The summed E-state index contributed by atoms with van der Waals surface area (Å²) in [5.74, 6) is 0. The van der Waals surface area contributed by atoms with E-state index < -0.39 is 5.41 Å². The van der Waals surface area contributed by atoms with Crippen LogP contribution in [0.3, 0.4) is 0 Å². The number of rotatable bonds is 5. The summed E-state index contributed by atoms with van der Waals surface area (Å²) in [6.07, 6.45) is 0. The van der Waals surface area contributed by atoms with Crippen molar-refractivity contribution in [3.05, 3.63) is 259 Å². The van der Waals surface area contributed by atoms with Crippen LogP contribution in [0.4, 0.5) is 17.1 Å². The van der Waals surface area contributed by atoms with E-state index in [9.17, 15) is 0 Å². The summed E-state index contributed by atoms with van der Waals surface area (Å²) in [5.41, 5.74) is 19.7. The smallest absolute Gasteiger partial charge is 0.136 e. The number of anilines is 3. The Morgan fingerprint density at radius 1 is 0.368 bits per heavy atom. The van der Waals surface area contributed by atoms with Crippen molar-refractivity contribution in [2.75, 3.05) is 4.90 Å². The average molecular weight is 882 g/mol. The molecule has 2 heterocycles. The van der Waals surface area contributed by atoms with Crippen LogP contribution in [0.15, 0.2) is 241 Å². The van der Waals surface area contributed by atoms with Crippen LogP contribution in [0, 0.1) is 0 Å². The maximum Gasteiger partial charge on any atom is 0.136 e. The van der Waals surface area contributed by atoms with E-state index in [-0.39, 0.29) is 0 Å². The molecule has 11 aromatic carbocycles. The molecule has 0 fully saturated rings. The van der Waals surface area contributed by atoms with Crippen molar-refractivity contribution in [2.24, 2.45) is 0 Å². The number of fused-ring (bicyclic) bond motifs is 17. The summed E-state index contributed by atoms with van der Waals surface area (Å²) in [6.45, 7) is 0. The van der Waals surface area contributed by atoms with Crippen molar-refractivity contribution in [3.63, 3.8) is 0 Å². The van der Waals surface area contributed by atoms with Gasteiger partial charge in [0.2, 0.25) is 0 Å². The molecule has 0 N–H and O–H groups in total. The first kappa shape index (κ1) is 37.7. The third-order valence-corrected chi connectivity index (χ3v) is 16.1. The van der Waals surface area contributed by atoms with Crippen molar-refractivity contribution in [2.45, 2.75) is 5.41 Å². The zero-order chi connectivity index (χ0) is 44.5. The number of hydrogen-bond donors (Lipinski definition) is 0. The van der Waals surface area contributed by atoms with Gasteiger partial charge in [-0.1, -0.05) is 188 Å². The molecule has 0 amide bonds. The number of para-hydroxylation sites is 1. The van der Waals surface area contributed by atoms with Crippen LogP contribution in [0.5, 0.6) is 0 Å². The van der Waals surface area contributed by atoms with Gasteiger partial charge in [0.25, 0.3) is 0 Å². The van der Waals surface area contributed by atoms with Crippen LogP contribution in [-0.2, 0) is 5.41 Å². The molecule has 2 aliphatic carbocycles. The van der Waals surface area contributed by atoms with Gasteiger partial charge < -0.3 is 9.32 Å². The van der Waals surface area contributed by atoms with Crippen LogP contribution in [0.25, 0.3) is 97.4 Å². The Labute approximate surface area is 397 Å². The molecule has 2 aromatic heterocycles. The third-order valence-electron chi connectivity index (χ3n) is 14.9. The molecule has 13 aromatic rings. The second-order valence-electron chi connectivity index (χ2n) is 18.2. The van der Waals surface area contributed by atoms with Crippen molar-refractivity contribution in [3.8, 4) is 44.5 Å². The molecule has 0 unspecified atom stereocenters. The molecule has 316 valence electrons. The summed E-state index contributed by atoms with van der Waals surface area (Å²) in [6, 6.07) is 87.6. The molecule has 2 aliphatic rings. The standard InChI is InChI=1S/C65H39NOS/c1-2-17-42-39-60-52(38-41(42)16-1)62-49(24-14-32-59(62)67-60)47-20-6-11-30-57(47)66(43-36-34-40(35-37-43)44-23-13-25-50-48-21-7-12-33-61(48)68-64(44)50)58-31-15-29-56-63(58)51-22-5-10-28-55(51)65(56)53-26-8-3-18-45(53)46-19-4-9-27-54(46)65/h1-39H. The van der Waals surface area contributed by atoms with E-state index in [1.165, 1.54) is 86.6 Å². The molecule has 0 saturated heterocycles. The predicted octanol–water partition coefficient (Wildman–Crippen LogP) is 18.3. The highest BCUT2D eigenvalue weighted by atomic mass is 32.1. The molecule has 0 saturated carbocycles. The van der Waals surface area contributed by atoms with Crippen molar-refractivity contribution in [1.82, 2.24) is 0 Å². The predicted molar refractivity (Wildman–Crippen MR) is 286 cm³/mol. The van der Waals surface area contributed by atoms with Crippen LogP contribution in [0.1, 0.15) is 22.3 Å². The van der Waals surface area contributed by atoms with E-state index >= 15 is 0 Å². The van der Waals surface area contributed by atoms with E-state index in [1.807, 2.05) is 11.3 Å². The fourth-order valence-corrected chi connectivity index (χ4v) is 13.4. The van der Waals surface area contributed by atoms with Gasteiger partial charge in [-0.25, -0.2) is 0 Å². The number of benzene rings is 11. The molecule has 15 rings (SSSR count). The van der Waals surface area contributed by atoms with Crippen molar-refractivity contribution < 1.29 is 4.42 Å². The van der Waals surface area contributed by atoms with Crippen molar-refractivity contribution in [1.29, 1.82) is 0 Å². The SMILES string of the molecule is c1ccc(N(c2ccc(-c3cccc4c3sc3ccccc34)cc2)c2cccc3c2-c2ccccc2C32c3ccccc3-c3ccccc32)c(-c2cccc3oc4cc5ccccc5cc4c23)c1. The molecule has 2 nitrogen and oxygen atoms in total. The van der Waals surface area contributed by atoms with E-state index in [1.54, 1.807) is 0 Å². The van der Waals surface area contributed by atoms with Gasteiger partial charge in [-0.05, 0) is 115 Å². The average Bonchev–Trinajstić information content (AvgIpc) is 4.14. The largest absolute Gasteiger partial charge is 0.456 e. The second kappa shape index (κ2) is 14.3. The maximum atomic E-state index is 6.69.